The Morgan fingerprint density at radius 1 is 1.15 bits per heavy atom. The third kappa shape index (κ3) is 3.78. The smallest absolute Gasteiger partial charge is 0.277 e. The third-order valence-corrected chi connectivity index (χ3v) is 4.45. The molecule has 0 unspecified atom stereocenters. The van der Waals surface area contributed by atoms with E-state index >= 15 is 0 Å². The predicted octanol–water partition coefficient (Wildman–Crippen LogP) is 4.06. The Bertz CT molecular complexity index is 969. The summed E-state index contributed by atoms with van der Waals surface area (Å²) in [4.78, 5) is 0. The van der Waals surface area contributed by atoms with E-state index in [-0.39, 0.29) is 5.56 Å². The first-order valence-electron chi connectivity index (χ1n) is 7.52. The van der Waals surface area contributed by atoms with Crippen LogP contribution in [-0.4, -0.2) is 24.4 Å². The average molecular weight is 371 g/mol. The normalized spacial score (nSPS) is 10.4. The summed E-state index contributed by atoms with van der Waals surface area (Å²) in [6.07, 6.45) is 0. The quantitative estimate of drug-likeness (QED) is 0.604. The summed E-state index contributed by atoms with van der Waals surface area (Å²) in [5.74, 6) is 1.36. The Hall–Kier alpha value is -3.05. The molecular weight excluding hydrogens is 357 g/mol. The monoisotopic (exact) mass is 371 g/mol. The molecule has 26 heavy (non-hydrogen) atoms. The number of hydrogen-bond donors (Lipinski definition) is 0. The summed E-state index contributed by atoms with van der Waals surface area (Å²) in [6, 6.07) is 11.5. The summed E-state index contributed by atoms with van der Waals surface area (Å²) in [5.41, 5.74) is 1.37. The van der Waals surface area contributed by atoms with Gasteiger partial charge in [-0.2, -0.15) is 5.26 Å². The topological polar surface area (TPSA) is 81.2 Å². The number of halogens is 1. The molecule has 1 heterocycles. The molecule has 0 bridgehead atoms. The van der Waals surface area contributed by atoms with Gasteiger partial charge in [-0.1, -0.05) is 17.8 Å². The number of methoxy groups -OCH3 is 2. The molecule has 0 aliphatic carbocycles. The summed E-state index contributed by atoms with van der Waals surface area (Å²) in [7, 11) is 3.11. The largest absolute Gasteiger partial charge is 0.497 e. The number of ether oxygens (including phenoxy) is 2. The number of nitrogens with zero attached hydrogens (tertiary/aromatic N) is 3. The highest BCUT2D eigenvalue weighted by atomic mass is 32.2. The molecular formula is C18H14FN3O3S. The van der Waals surface area contributed by atoms with Crippen molar-refractivity contribution in [3.63, 3.8) is 0 Å². The van der Waals surface area contributed by atoms with Crippen molar-refractivity contribution < 1.29 is 18.3 Å². The highest BCUT2D eigenvalue weighted by Gasteiger charge is 2.15. The first-order chi connectivity index (χ1) is 12.6. The Morgan fingerprint density at radius 2 is 2.00 bits per heavy atom. The zero-order valence-corrected chi connectivity index (χ0v) is 14.8. The minimum atomic E-state index is -0.437. The van der Waals surface area contributed by atoms with Crippen LogP contribution < -0.4 is 9.47 Å². The lowest BCUT2D eigenvalue weighted by molar-refractivity contribution is 0.393. The summed E-state index contributed by atoms with van der Waals surface area (Å²) < 4.78 is 30.0. The van der Waals surface area contributed by atoms with Crippen molar-refractivity contribution in [2.45, 2.75) is 11.0 Å². The van der Waals surface area contributed by atoms with E-state index in [1.807, 2.05) is 6.07 Å². The van der Waals surface area contributed by atoms with Crippen molar-refractivity contribution in [3.8, 4) is 29.0 Å². The number of hydrogen-bond acceptors (Lipinski definition) is 7. The van der Waals surface area contributed by atoms with Crippen molar-refractivity contribution in [1.29, 1.82) is 5.26 Å². The van der Waals surface area contributed by atoms with Gasteiger partial charge >= 0.3 is 0 Å². The van der Waals surface area contributed by atoms with E-state index in [2.05, 4.69) is 10.2 Å². The lowest BCUT2D eigenvalue weighted by Gasteiger charge is -2.07. The average Bonchev–Trinajstić information content (AvgIpc) is 3.15. The van der Waals surface area contributed by atoms with Gasteiger partial charge in [-0.05, 0) is 29.8 Å². The standard InChI is InChI=1S/C18H14FN3O3S/c1-23-13-5-6-14(16(8-13)24-2)17-21-22-18(25-17)26-10-12-4-3-11(9-20)7-15(12)19/h3-8H,10H2,1-2H3. The molecule has 0 atom stereocenters. The minimum absolute atomic E-state index is 0.280. The van der Waals surface area contributed by atoms with E-state index in [0.717, 1.165) is 0 Å². The molecule has 6 nitrogen and oxygen atoms in total. The Labute approximate surface area is 153 Å². The van der Waals surface area contributed by atoms with Crippen LogP contribution in [0.1, 0.15) is 11.1 Å². The molecule has 0 saturated carbocycles. The minimum Gasteiger partial charge on any atom is -0.497 e. The first kappa shape index (κ1) is 17.8. The van der Waals surface area contributed by atoms with Crippen LogP contribution in [0.2, 0.25) is 0 Å². The van der Waals surface area contributed by atoms with Gasteiger partial charge in [0.1, 0.15) is 17.3 Å². The third-order valence-electron chi connectivity index (χ3n) is 3.58. The Morgan fingerprint density at radius 3 is 2.69 bits per heavy atom. The van der Waals surface area contributed by atoms with Crippen LogP contribution in [0.15, 0.2) is 46.0 Å². The van der Waals surface area contributed by atoms with E-state index < -0.39 is 5.82 Å². The van der Waals surface area contributed by atoms with Crippen LogP contribution >= 0.6 is 11.8 Å². The molecule has 8 heteroatoms. The van der Waals surface area contributed by atoms with E-state index in [1.165, 1.54) is 24.9 Å². The van der Waals surface area contributed by atoms with Crippen LogP contribution in [0.25, 0.3) is 11.5 Å². The molecule has 0 spiro atoms. The Balaban J connectivity index is 1.76. The van der Waals surface area contributed by atoms with Crippen LogP contribution in [0, 0.1) is 17.1 Å². The number of nitriles is 1. The summed E-state index contributed by atoms with van der Waals surface area (Å²) in [5, 5.41) is 17.1. The summed E-state index contributed by atoms with van der Waals surface area (Å²) >= 11 is 1.21. The second kappa shape index (κ2) is 7.89. The van der Waals surface area contributed by atoms with Gasteiger partial charge in [0, 0.05) is 11.8 Å². The van der Waals surface area contributed by atoms with Crippen molar-refractivity contribution >= 4 is 11.8 Å². The van der Waals surface area contributed by atoms with Crippen LogP contribution in [0.5, 0.6) is 11.5 Å². The molecule has 1 aromatic heterocycles. The van der Waals surface area contributed by atoms with Gasteiger partial charge < -0.3 is 13.9 Å². The highest BCUT2D eigenvalue weighted by Crippen LogP contribution is 2.34. The molecule has 0 aliphatic rings. The second-order valence-corrected chi connectivity index (χ2v) is 6.07. The van der Waals surface area contributed by atoms with Gasteiger partial charge in [0.05, 0.1) is 31.4 Å². The Kier molecular flexibility index (Phi) is 5.39. The molecule has 132 valence electrons. The molecule has 0 fully saturated rings. The van der Waals surface area contributed by atoms with E-state index in [4.69, 9.17) is 19.2 Å². The maximum absolute atomic E-state index is 13.9. The highest BCUT2D eigenvalue weighted by molar-refractivity contribution is 7.98. The van der Waals surface area contributed by atoms with Crippen molar-refractivity contribution in [1.82, 2.24) is 10.2 Å². The number of rotatable bonds is 6. The fourth-order valence-corrected chi connectivity index (χ4v) is 2.98. The molecule has 0 amide bonds. The van der Waals surface area contributed by atoms with Gasteiger partial charge in [0.15, 0.2) is 0 Å². The fourth-order valence-electron chi connectivity index (χ4n) is 2.23. The molecule has 0 radical (unpaired) electrons. The van der Waals surface area contributed by atoms with Gasteiger partial charge in [-0.15, -0.1) is 10.2 Å². The molecule has 3 aromatic rings. The lowest BCUT2D eigenvalue weighted by Crippen LogP contribution is -1.90. The predicted molar refractivity (Wildman–Crippen MR) is 93.5 cm³/mol. The maximum atomic E-state index is 13.9. The molecule has 3 rings (SSSR count). The molecule has 2 aromatic carbocycles. The van der Waals surface area contributed by atoms with E-state index in [9.17, 15) is 4.39 Å². The molecule has 0 N–H and O–H groups in total. The zero-order valence-electron chi connectivity index (χ0n) is 14.0. The van der Waals surface area contributed by atoms with Crippen molar-refractivity contribution in [2.24, 2.45) is 0 Å². The number of benzene rings is 2. The second-order valence-electron chi connectivity index (χ2n) is 5.15. The van der Waals surface area contributed by atoms with Gasteiger partial charge in [0.25, 0.3) is 11.1 Å². The van der Waals surface area contributed by atoms with Crippen LogP contribution in [-0.2, 0) is 5.75 Å². The summed E-state index contributed by atoms with van der Waals surface area (Å²) in [6.45, 7) is 0. The molecule has 0 aliphatic heterocycles. The first-order valence-corrected chi connectivity index (χ1v) is 8.50. The zero-order chi connectivity index (χ0) is 18.5. The van der Waals surface area contributed by atoms with Gasteiger partial charge in [0.2, 0.25) is 0 Å². The fraction of sp³-hybridized carbons (Fsp3) is 0.167. The van der Waals surface area contributed by atoms with Gasteiger partial charge in [-0.25, -0.2) is 4.39 Å². The van der Waals surface area contributed by atoms with Crippen molar-refractivity contribution in [3.05, 3.63) is 53.3 Å². The van der Waals surface area contributed by atoms with Gasteiger partial charge in [-0.3, -0.25) is 0 Å². The number of thioether (sulfide) groups is 1. The van der Waals surface area contributed by atoms with E-state index in [1.54, 1.807) is 37.4 Å². The SMILES string of the molecule is COc1ccc(-c2nnc(SCc3ccc(C#N)cc3F)o2)c(OC)c1. The van der Waals surface area contributed by atoms with E-state index in [0.29, 0.717) is 39.5 Å². The van der Waals surface area contributed by atoms with Crippen molar-refractivity contribution in [2.75, 3.05) is 14.2 Å². The molecule has 0 saturated heterocycles. The van der Waals surface area contributed by atoms with Crippen LogP contribution in [0.4, 0.5) is 4.39 Å². The lowest BCUT2D eigenvalue weighted by atomic mass is 10.1. The van der Waals surface area contributed by atoms with Crippen LogP contribution in [0.3, 0.4) is 0 Å². The maximum Gasteiger partial charge on any atom is 0.277 e. The number of aromatic nitrogens is 2.